The predicted octanol–water partition coefficient (Wildman–Crippen LogP) is 17.1. The molecular weight excluding hydrogens is 875 g/mol. The second-order valence-electron chi connectivity index (χ2n) is 19.4. The van der Waals surface area contributed by atoms with E-state index in [1.807, 2.05) is 0 Å². The fourth-order valence-electron chi connectivity index (χ4n) is 12.7. The first-order chi connectivity index (χ1) is 35.8. The van der Waals surface area contributed by atoms with E-state index in [2.05, 4.69) is 261 Å². The summed E-state index contributed by atoms with van der Waals surface area (Å²) >= 11 is 0. The first-order valence-corrected chi connectivity index (χ1v) is 25.0. The molecule has 0 N–H and O–H groups in total. The van der Waals surface area contributed by atoms with Crippen LogP contribution in [-0.2, 0) is 0 Å². The van der Waals surface area contributed by atoms with Crippen molar-refractivity contribution < 1.29 is 0 Å². The van der Waals surface area contributed by atoms with E-state index in [0.717, 1.165) is 45.9 Å². The minimum Gasteiger partial charge on any atom is -0.312 e. The van der Waals surface area contributed by atoms with E-state index < -0.39 is 0 Å². The van der Waals surface area contributed by atoms with Crippen molar-refractivity contribution in [3.05, 3.63) is 254 Å². The summed E-state index contributed by atoms with van der Waals surface area (Å²) in [5.41, 5.74) is 18.4. The van der Waals surface area contributed by atoms with Gasteiger partial charge in [0.25, 0.3) is 0 Å². The summed E-state index contributed by atoms with van der Waals surface area (Å²) < 4.78 is 9.94. The molecule has 2 aliphatic rings. The van der Waals surface area contributed by atoms with E-state index >= 15 is 0 Å². The SMILES string of the molecule is C1=C2N=C(n3c4ccccc4c4c(-n5c6ccccc6c6ccccc65)cccc43)/C=C(/n3c4ccccc4c4ccccc43)C(C1)c1ccc3c4c(-c5ccccc5)cccc4n(c3c1)-c1ccccc12. The summed E-state index contributed by atoms with van der Waals surface area (Å²) in [5, 5.41) is 9.80. The van der Waals surface area contributed by atoms with E-state index in [1.165, 1.54) is 98.6 Å². The highest BCUT2D eigenvalue weighted by atomic mass is 15.1. The number of nitrogens with zero attached hydrogens (tertiary/aromatic N) is 5. The smallest absolute Gasteiger partial charge is 0.140 e. The van der Waals surface area contributed by atoms with Crippen LogP contribution in [0.3, 0.4) is 0 Å². The van der Waals surface area contributed by atoms with Gasteiger partial charge in [0.15, 0.2) is 0 Å². The quantitative estimate of drug-likeness (QED) is 0.169. The van der Waals surface area contributed by atoms with Gasteiger partial charge in [-0.15, -0.1) is 0 Å². The van der Waals surface area contributed by atoms with Crippen molar-refractivity contribution >= 4 is 104 Å². The molecule has 4 aromatic heterocycles. The highest BCUT2D eigenvalue weighted by Gasteiger charge is 2.30. The lowest BCUT2D eigenvalue weighted by atomic mass is 9.88. The first kappa shape index (κ1) is 39.4. The van der Waals surface area contributed by atoms with Crippen LogP contribution < -0.4 is 0 Å². The molecule has 0 fully saturated rings. The molecule has 4 bridgehead atoms. The third-order valence-electron chi connectivity index (χ3n) is 15.7. The number of hydrogen-bond acceptors (Lipinski definition) is 1. The number of hydrogen-bond donors (Lipinski definition) is 0. The van der Waals surface area contributed by atoms with Crippen LogP contribution in [0.25, 0.3) is 121 Å². The minimum atomic E-state index is -0.0549. The molecule has 0 aliphatic carbocycles. The normalized spacial score (nSPS) is 15.4. The van der Waals surface area contributed by atoms with Crippen LogP contribution in [0.4, 0.5) is 0 Å². The van der Waals surface area contributed by atoms with Gasteiger partial charge in [0, 0.05) is 66.3 Å². The van der Waals surface area contributed by atoms with E-state index in [1.54, 1.807) is 0 Å². The lowest BCUT2D eigenvalue weighted by Crippen LogP contribution is -2.17. The molecule has 0 spiro atoms. The molecule has 0 amide bonds. The van der Waals surface area contributed by atoms with Gasteiger partial charge in [0.05, 0.1) is 61.2 Å². The number of rotatable bonds is 3. The number of para-hydroxylation sites is 6. The molecule has 14 aromatic rings. The van der Waals surface area contributed by atoms with Gasteiger partial charge in [-0.25, -0.2) is 4.99 Å². The van der Waals surface area contributed by atoms with E-state index in [4.69, 9.17) is 4.99 Å². The van der Waals surface area contributed by atoms with Crippen molar-refractivity contribution in [1.29, 1.82) is 0 Å². The standard InChI is InChI=1S/C67H43N5/c1-2-18-42(19-3-1)45-26-16-33-60-66(45)52-37-36-43-40-63(52)71(60)58-31-14-8-24-50(58)53-39-38-44(43)64(70-56-29-12-6-22-48(56)49-23-7-13-30-57(49)70)41-65(68-53)72-59-32-15-9-25-51(59)67-61(34-17-35-62(67)72)69-54-27-10-4-20-46(54)47-21-5-11-28-55(47)69/h1-37,39-41,44H,38H2/b53-39?,64-41+,68-65?. The van der Waals surface area contributed by atoms with Crippen molar-refractivity contribution in [2.75, 3.05) is 0 Å². The maximum absolute atomic E-state index is 6.02. The number of allylic oxidation sites excluding steroid dienone is 3. The van der Waals surface area contributed by atoms with Gasteiger partial charge in [-0.3, -0.25) is 4.57 Å². The molecule has 6 heterocycles. The molecule has 0 saturated carbocycles. The maximum Gasteiger partial charge on any atom is 0.140 e. The topological polar surface area (TPSA) is 32.1 Å². The van der Waals surface area contributed by atoms with Crippen LogP contribution in [0.2, 0.25) is 0 Å². The van der Waals surface area contributed by atoms with Gasteiger partial charge in [-0.2, -0.15) is 0 Å². The molecule has 16 rings (SSSR count). The van der Waals surface area contributed by atoms with Crippen molar-refractivity contribution in [2.45, 2.75) is 12.3 Å². The number of aromatic nitrogens is 4. The Morgan fingerprint density at radius 2 is 0.833 bits per heavy atom. The van der Waals surface area contributed by atoms with E-state index in [0.29, 0.717) is 0 Å². The van der Waals surface area contributed by atoms with Crippen molar-refractivity contribution in [3.8, 4) is 22.5 Å². The third-order valence-corrected chi connectivity index (χ3v) is 15.7. The summed E-state index contributed by atoms with van der Waals surface area (Å²) in [6.07, 6.45) is 5.59. The van der Waals surface area contributed by atoms with E-state index in [9.17, 15) is 0 Å². The highest BCUT2D eigenvalue weighted by molar-refractivity contribution is 6.23. The molecule has 1 unspecified atom stereocenters. The van der Waals surface area contributed by atoms with E-state index in [-0.39, 0.29) is 5.92 Å². The summed E-state index contributed by atoms with van der Waals surface area (Å²) in [4.78, 5) is 6.02. The van der Waals surface area contributed by atoms with Crippen molar-refractivity contribution in [2.24, 2.45) is 4.99 Å². The lowest BCUT2D eigenvalue weighted by Gasteiger charge is -2.27. The Morgan fingerprint density at radius 3 is 1.51 bits per heavy atom. The van der Waals surface area contributed by atoms with Crippen LogP contribution in [0.15, 0.2) is 248 Å². The Labute approximate surface area is 414 Å². The monoisotopic (exact) mass is 917 g/mol. The van der Waals surface area contributed by atoms with Crippen LogP contribution in [-0.4, -0.2) is 24.1 Å². The minimum absolute atomic E-state index is 0.0549. The van der Waals surface area contributed by atoms with Gasteiger partial charge in [0.2, 0.25) is 0 Å². The summed E-state index contributed by atoms with van der Waals surface area (Å²) in [6, 6.07) is 84.9. The van der Waals surface area contributed by atoms with Crippen LogP contribution in [0.5, 0.6) is 0 Å². The maximum atomic E-state index is 6.02. The Hall–Kier alpha value is -9.45. The zero-order valence-electron chi connectivity index (χ0n) is 39.1. The summed E-state index contributed by atoms with van der Waals surface area (Å²) in [6.45, 7) is 0. The predicted molar refractivity (Wildman–Crippen MR) is 302 cm³/mol. The van der Waals surface area contributed by atoms with Gasteiger partial charge >= 0.3 is 0 Å². The Morgan fingerprint density at radius 1 is 0.347 bits per heavy atom. The Balaban J connectivity index is 1.05. The lowest BCUT2D eigenvalue weighted by molar-refractivity contribution is 0.838. The average molecular weight is 918 g/mol. The summed E-state index contributed by atoms with van der Waals surface area (Å²) in [5.74, 6) is 0.800. The number of benzene rings is 10. The molecule has 0 radical (unpaired) electrons. The van der Waals surface area contributed by atoms with Crippen LogP contribution in [0, 0.1) is 0 Å². The highest BCUT2D eigenvalue weighted by Crippen LogP contribution is 2.47. The molecule has 10 aromatic carbocycles. The zero-order valence-corrected chi connectivity index (χ0v) is 39.1. The first-order valence-electron chi connectivity index (χ1n) is 25.0. The fourth-order valence-corrected chi connectivity index (χ4v) is 12.7. The van der Waals surface area contributed by atoms with Gasteiger partial charge in [-0.1, -0.05) is 176 Å². The largest absolute Gasteiger partial charge is 0.312 e. The Bertz CT molecular complexity index is 4610. The van der Waals surface area contributed by atoms with Crippen molar-refractivity contribution in [3.63, 3.8) is 0 Å². The molecule has 5 nitrogen and oxygen atoms in total. The average Bonchev–Trinajstić information content (AvgIpc) is 4.16. The van der Waals surface area contributed by atoms with Gasteiger partial charge in [0.1, 0.15) is 5.84 Å². The molecule has 336 valence electrons. The molecule has 1 atom stereocenters. The molecule has 2 aliphatic heterocycles. The molecule has 0 saturated heterocycles. The van der Waals surface area contributed by atoms with Crippen LogP contribution in [0.1, 0.15) is 23.5 Å². The summed E-state index contributed by atoms with van der Waals surface area (Å²) in [7, 11) is 0. The number of aliphatic imine (C=N–C) groups is 1. The fraction of sp³-hybridized carbons (Fsp3) is 0.0299. The Kier molecular flexibility index (Phi) is 8.22. The molecule has 72 heavy (non-hydrogen) atoms. The third kappa shape index (κ3) is 5.45. The molecular formula is C67H43N5. The zero-order chi connectivity index (χ0) is 47.0. The number of fused-ring (bicyclic) bond motifs is 19. The second-order valence-corrected chi connectivity index (χ2v) is 19.4. The van der Waals surface area contributed by atoms with Gasteiger partial charge in [-0.05, 0) is 83.8 Å². The van der Waals surface area contributed by atoms with Crippen LogP contribution >= 0.6 is 0 Å². The molecule has 5 heteroatoms. The second kappa shape index (κ2) is 15.0. The van der Waals surface area contributed by atoms with Crippen molar-refractivity contribution in [1.82, 2.24) is 18.3 Å². The van der Waals surface area contributed by atoms with Gasteiger partial charge < -0.3 is 13.7 Å².